The minimum atomic E-state index is -1.06. The molecule has 0 aromatic rings. The molecule has 0 aliphatic heterocycles. The van der Waals surface area contributed by atoms with Crippen LogP contribution < -0.4 is 0 Å². The van der Waals surface area contributed by atoms with Gasteiger partial charge in [0, 0.05) is 0 Å². The Hall–Kier alpha value is -1.16. The van der Waals surface area contributed by atoms with Gasteiger partial charge in [-0.25, -0.2) is 0 Å². The van der Waals surface area contributed by atoms with Crippen molar-refractivity contribution in [1.29, 1.82) is 0 Å². The molecule has 0 fully saturated rings. The summed E-state index contributed by atoms with van der Waals surface area (Å²) in [6.45, 7) is 10.3. The maximum absolute atomic E-state index is 9.63. The quantitative estimate of drug-likeness (QED) is 0.392. The molecule has 0 rings (SSSR count). The van der Waals surface area contributed by atoms with E-state index in [1.165, 1.54) is 22.3 Å². The Morgan fingerprint density at radius 2 is 1.08 bits per heavy atom. The van der Waals surface area contributed by atoms with E-state index in [2.05, 4.69) is 45.9 Å². The topological polar surface area (TPSA) is 60.7 Å². The summed E-state index contributed by atoms with van der Waals surface area (Å²) < 4.78 is 0. The first-order valence-corrected chi connectivity index (χ1v) is 9.83. The van der Waals surface area contributed by atoms with Gasteiger partial charge < -0.3 is 15.3 Å². The van der Waals surface area contributed by atoms with Gasteiger partial charge in [-0.2, -0.15) is 0 Å². The Balaban J connectivity index is 4.08. The highest BCUT2D eigenvalue weighted by atomic mass is 16.4. The van der Waals surface area contributed by atoms with E-state index in [4.69, 9.17) is 5.11 Å². The minimum Gasteiger partial charge on any atom is -0.394 e. The van der Waals surface area contributed by atoms with Gasteiger partial charge in [-0.05, 0) is 79.6 Å². The minimum absolute atomic E-state index is 0.382. The molecule has 3 nitrogen and oxygen atoms in total. The lowest BCUT2D eigenvalue weighted by Gasteiger charge is -2.13. The fraction of sp³-hybridized carbons (Fsp3) is 0.652. The SMILES string of the molecule is CC(C)=CCC/C(C)=C/CC/C(C)=C/CC/C(C)=C/CC(O)C(O)CO. The summed E-state index contributed by atoms with van der Waals surface area (Å²) in [6, 6.07) is 0. The van der Waals surface area contributed by atoms with Gasteiger partial charge >= 0.3 is 0 Å². The number of allylic oxidation sites excluding steroid dienone is 7. The summed E-state index contributed by atoms with van der Waals surface area (Å²) in [5, 5.41) is 27.8. The molecule has 26 heavy (non-hydrogen) atoms. The van der Waals surface area contributed by atoms with Crippen molar-refractivity contribution in [1.82, 2.24) is 0 Å². The highest BCUT2D eigenvalue weighted by Crippen LogP contribution is 2.14. The zero-order valence-electron chi connectivity index (χ0n) is 17.5. The molecule has 0 spiro atoms. The molecule has 0 aliphatic rings. The van der Waals surface area contributed by atoms with Gasteiger partial charge in [-0.1, -0.05) is 46.6 Å². The third kappa shape index (κ3) is 14.1. The summed E-state index contributed by atoms with van der Waals surface area (Å²) in [5.41, 5.74) is 5.48. The van der Waals surface area contributed by atoms with E-state index in [0.717, 1.165) is 38.5 Å². The van der Waals surface area contributed by atoms with E-state index in [9.17, 15) is 10.2 Å². The van der Waals surface area contributed by atoms with Crippen LogP contribution in [0, 0.1) is 0 Å². The van der Waals surface area contributed by atoms with Crippen molar-refractivity contribution in [3.8, 4) is 0 Å². The molecule has 0 aromatic carbocycles. The van der Waals surface area contributed by atoms with Gasteiger partial charge in [-0.3, -0.25) is 0 Å². The standard InChI is InChI=1S/C23H40O3/c1-18(2)9-6-10-19(3)11-7-12-20(4)13-8-14-21(5)15-16-22(25)23(26)17-24/h9,11,13,15,22-26H,6-8,10,12,14,16-17H2,1-5H3/b19-11+,20-13+,21-15+. The number of hydrogen-bond acceptors (Lipinski definition) is 3. The first-order valence-electron chi connectivity index (χ1n) is 9.83. The largest absolute Gasteiger partial charge is 0.394 e. The molecule has 2 atom stereocenters. The molecule has 0 saturated heterocycles. The number of aliphatic hydroxyl groups is 3. The van der Waals surface area contributed by atoms with Crippen molar-refractivity contribution in [2.45, 2.75) is 91.8 Å². The van der Waals surface area contributed by atoms with E-state index in [1.807, 2.05) is 13.0 Å². The Bertz CT molecular complexity index is 494. The van der Waals surface area contributed by atoms with Crippen molar-refractivity contribution in [3.05, 3.63) is 46.6 Å². The smallest absolute Gasteiger partial charge is 0.103 e. The molecule has 150 valence electrons. The van der Waals surface area contributed by atoms with Crippen LogP contribution in [0.25, 0.3) is 0 Å². The monoisotopic (exact) mass is 364 g/mol. The second kappa shape index (κ2) is 15.0. The predicted octanol–water partition coefficient (Wildman–Crippen LogP) is 5.24. The predicted molar refractivity (Wildman–Crippen MR) is 112 cm³/mol. The van der Waals surface area contributed by atoms with Crippen LogP contribution in [0.1, 0.15) is 79.6 Å². The van der Waals surface area contributed by atoms with Crippen LogP contribution in [-0.2, 0) is 0 Å². The molecule has 0 heterocycles. The van der Waals surface area contributed by atoms with Crippen LogP contribution in [0.3, 0.4) is 0 Å². The third-order valence-corrected chi connectivity index (χ3v) is 4.49. The summed E-state index contributed by atoms with van der Waals surface area (Å²) in [4.78, 5) is 0. The van der Waals surface area contributed by atoms with E-state index < -0.39 is 18.8 Å². The van der Waals surface area contributed by atoms with Crippen LogP contribution in [0.2, 0.25) is 0 Å². The maximum Gasteiger partial charge on any atom is 0.103 e. The van der Waals surface area contributed by atoms with Gasteiger partial charge in [0.25, 0.3) is 0 Å². The van der Waals surface area contributed by atoms with Gasteiger partial charge in [0.05, 0.1) is 12.7 Å². The third-order valence-electron chi connectivity index (χ3n) is 4.49. The normalized spacial score (nSPS) is 15.8. The molecule has 0 amide bonds. The van der Waals surface area contributed by atoms with Gasteiger partial charge in [0.15, 0.2) is 0 Å². The first-order chi connectivity index (χ1) is 12.3. The van der Waals surface area contributed by atoms with E-state index >= 15 is 0 Å². The van der Waals surface area contributed by atoms with Crippen molar-refractivity contribution in [2.75, 3.05) is 6.61 Å². The summed E-state index contributed by atoms with van der Waals surface area (Å²) >= 11 is 0. The van der Waals surface area contributed by atoms with E-state index in [-0.39, 0.29) is 0 Å². The lowest BCUT2D eigenvalue weighted by molar-refractivity contribution is -0.0121. The fourth-order valence-electron chi connectivity index (χ4n) is 2.59. The maximum atomic E-state index is 9.63. The average molecular weight is 365 g/mol. The lowest BCUT2D eigenvalue weighted by Crippen LogP contribution is -2.28. The summed E-state index contributed by atoms with van der Waals surface area (Å²) in [6.07, 6.45) is 13.8. The number of rotatable bonds is 13. The fourth-order valence-corrected chi connectivity index (χ4v) is 2.59. The molecule has 0 saturated carbocycles. The Morgan fingerprint density at radius 1 is 0.654 bits per heavy atom. The van der Waals surface area contributed by atoms with Gasteiger partial charge in [0.2, 0.25) is 0 Å². The van der Waals surface area contributed by atoms with Crippen LogP contribution in [0.5, 0.6) is 0 Å². The van der Waals surface area contributed by atoms with Crippen LogP contribution in [0.15, 0.2) is 46.6 Å². The summed E-state index contributed by atoms with van der Waals surface area (Å²) in [7, 11) is 0. The second-order valence-electron chi connectivity index (χ2n) is 7.60. The first kappa shape index (κ1) is 24.8. The molecule has 0 aromatic heterocycles. The highest BCUT2D eigenvalue weighted by Gasteiger charge is 2.13. The molecule has 2 unspecified atom stereocenters. The Labute approximate surface area is 160 Å². The Morgan fingerprint density at radius 3 is 1.50 bits per heavy atom. The molecular formula is C23H40O3. The molecule has 0 aliphatic carbocycles. The second-order valence-corrected chi connectivity index (χ2v) is 7.60. The Kier molecular flexibility index (Phi) is 14.3. The van der Waals surface area contributed by atoms with Crippen molar-refractivity contribution < 1.29 is 15.3 Å². The molecular weight excluding hydrogens is 324 g/mol. The van der Waals surface area contributed by atoms with Crippen LogP contribution in [-0.4, -0.2) is 34.1 Å². The number of hydrogen-bond donors (Lipinski definition) is 3. The molecule has 0 radical (unpaired) electrons. The van der Waals surface area contributed by atoms with Gasteiger partial charge in [-0.15, -0.1) is 0 Å². The molecule has 3 heteroatoms. The van der Waals surface area contributed by atoms with E-state index in [0.29, 0.717) is 6.42 Å². The zero-order chi connectivity index (χ0) is 19.9. The van der Waals surface area contributed by atoms with Crippen LogP contribution >= 0.6 is 0 Å². The summed E-state index contributed by atoms with van der Waals surface area (Å²) in [5.74, 6) is 0. The van der Waals surface area contributed by atoms with Gasteiger partial charge in [0.1, 0.15) is 6.10 Å². The highest BCUT2D eigenvalue weighted by molar-refractivity contribution is 5.07. The zero-order valence-corrected chi connectivity index (χ0v) is 17.5. The average Bonchev–Trinajstić information content (AvgIpc) is 2.58. The van der Waals surface area contributed by atoms with Crippen molar-refractivity contribution in [2.24, 2.45) is 0 Å². The lowest BCUT2D eigenvalue weighted by atomic mass is 10.0. The molecule has 0 bridgehead atoms. The molecule has 3 N–H and O–H groups in total. The van der Waals surface area contributed by atoms with E-state index in [1.54, 1.807) is 0 Å². The van der Waals surface area contributed by atoms with Crippen LogP contribution in [0.4, 0.5) is 0 Å². The number of aliphatic hydroxyl groups excluding tert-OH is 3. The van der Waals surface area contributed by atoms with Crippen molar-refractivity contribution >= 4 is 0 Å². The van der Waals surface area contributed by atoms with Crippen molar-refractivity contribution in [3.63, 3.8) is 0 Å².